The normalized spacial score (nSPS) is 20.2. The van der Waals surface area contributed by atoms with Gasteiger partial charge in [-0.05, 0) is 72.8 Å². The number of carbonyl (C=O) groups is 3. The molecule has 46 heavy (non-hydrogen) atoms. The molecule has 5 rings (SSSR count). The molecule has 0 saturated carbocycles. The van der Waals surface area contributed by atoms with Crippen molar-refractivity contribution in [2.45, 2.75) is 64.1 Å². The number of hydrogen-bond donors (Lipinski definition) is 2. The monoisotopic (exact) mass is 677 g/mol. The SMILES string of the molecule is CC(C)n1nccc1[C@@H]1CN(Cc2ccsc2)C[C@]12CCCN(Cc1ccncc1)C2=O.O=C(O)C(F)(F)F.O=C(O)C(F)(F)F. The van der Waals surface area contributed by atoms with Crippen LogP contribution in [0.1, 0.15) is 55.5 Å². The molecule has 2 fully saturated rings. The van der Waals surface area contributed by atoms with Gasteiger partial charge in [0.05, 0.1) is 5.41 Å². The van der Waals surface area contributed by atoms with E-state index in [9.17, 15) is 31.1 Å². The Balaban J connectivity index is 0.000000345. The maximum atomic E-state index is 14.1. The van der Waals surface area contributed by atoms with Gasteiger partial charge in [-0.2, -0.15) is 42.8 Å². The number of thiophene rings is 1. The third-order valence-electron chi connectivity index (χ3n) is 7.52. The smallest absolute Gasteiger partial charge is 0.475 e. The van der Waals surface area contributed by atoms with Crippen LogP contribution < -0.4 is 0 Å². The lowest BCUT2D eigenvalue weighted by Crippen LogP contribution is -2.52. The number of piperidine rings is 1. The number of aromatic nitrogens is 3. The van der Waals surface area contributed by atoms with E-state index in [-0.39, 0.29) is 12.0 Å². The van der Waals surface area contributed by atoms with E-state index in [0.717, 1.165) is 44.6 Å². The molecule has 2 aliphatic rings. The highest BCUT2D eigenvalue weighted by molar-refractivity contribution is 7.07. The van der Waals surface area contributed by atoms with Crippen molar-refractivity contribution in [3.05, 3.63) is 70.4 Å². The van der Waals surface area contributed by atoms with Crippen LogP contribution in [0, 0.1) is 5.41 Å². The average molecular weight is 678 g/mol. The van der Waals surface area contributed by atoms with Crippen LogP contribution in [0.5, 0.6) is 0 Å². The van der Waals surface area contributed by atoms with Crippen LogP contribution >= 0.6 is 11.3 Å². The lowest BCUT2D eigenvalue weighted by Gasteiger charge is -2.43. The minimum absolute atomic E-state index is 0.152. The molecule has 2 atom stereocenters. The number of pyridine rings is 1. The first-order chi connectivity index (χ1) is 21.5. The van der Waals surface area contributed by atoms with Gasteiger partial charge in [0.25, 0.3) is 0 Å². The highest BCUT2D eigenvalue weighted by atomic mass is 32.1. The Bertz CT molecular complexity index is 1420. The molecule has 10 nitrogen and oxygen atoms in total. The fourth-order valence-electron chi connectivity index (χ4n) is 5.61. The fraction of sp³-hybridized carbons (Fsp3) is 0.483. The number of carbonyl (C=O) groups excluding carboxylic acids is 1. The molecule has 2 aliphatic heterocycles. The van der Waals surface area contributed by atoms with Crippen LogP contribution in [0.25, 0.3) is 0 Å². The van der Waals surface area contributed by atoms with E-state index < -0.39 is 29.7 Å². The molecular weight excluding hydrogens is 644 g/mol. The molecular formula is C29H33F6N5O5S. The van der Waals surface area contributed by atoms with Crippen molar-refractivity contribution in [3.63, 3.8) is 0 Å². The first kappa shape index (κ1) is 36.5. The van der Waals surface area contributed by atoms with E-state index in [1.54, 1.807) is 11.3 Å². The number of alkyl halides is 6. The maximum Gasteiger partial charge on any atom is 0.490 e. The van der Waals surface area contributed by atoms with Crippen molar-refractivity contribution in [2.24, 2.45) is 5.41 Å². The van der Waals surface area contributed by atoms with Crippen LogP contribution in [0.2, 0.25) is 0 Å². The summed E-state index contributed by atoms with van der Waals surface area (Å²) < 4.78 is 65.6. The van der Waals surface area contributed by atoms with Crippen LogP contribution in [0.4, 0.5) is 26.3 Å². The molecule has 1 spiro atoms. The van der Waals surface area contributed by atoms with E-state index in [1.165, 1.54) is 11.3 Å². The minimum atomic E-state index is -5.08. The largest absolute Gasteiger partial charge is 0.490 e. The van der Waals surface area contributed by atoms with Gasteiger partial charge in [-0.25, -0.2) is 9.59 Å². The highest BCUT2D eigenvalue weighted by Crippen LogP contribution is 2.50. The molecule has 0 radical (unpaired) electrons. The Morgan fingerprint density at radius 1 is 0.978 bits per heavy atom. The number of likely N-dealkylation sites (tertiary alicyclic amines) is 2. The molecule has 252 valence electrons. The van der Waals surface area contributed by atoms with Crippen molar-refractivity contribution in [1.82, 2.24) is 24.6 Å². The number of halogens is 6. The summed E-state index contributed by atoms with van der Waals surface area (Å²) in [6.07, 6.45) is -2.68. The van der Waals surface area contributed by atoms with Gasteiger partial charge < -0.3 is 15.1 Å². The number of aliphatic carboxylic acids is 2. The second-order valence-corrected chi connectivity index (χ2v) is 11.9. The van der Waals surface area contributed by atoms with E-state index >= 15 is 0 Å². The lowest BCUT2D eigenvalue weighted by molar-refractivity contribution is -0.193. The number of carboxylic acids is 2. The van der Waals surface area contributed by atoms with Crippen LogP contribution in [-0.4, -0.2) is 84.6 Å². The number of amides is 1. The Morgan fingerprint density at radius 2 is 1.59 bits per heavy atom. The third-order valence-corrected chi connectivity index (χ3v) is 8.25. The predicted molar refractivity (Wildman–Crippen MR) is 154 cm³/mol. The topological polar surface area (TPSA) is 129 Å². The van der Waals surface area contributed by atoms with Gasteiger partial charge in [0.15, 0.2) is 0 Å². The summed E-state index contributed by atoms with van der Waals surface area (Å²) in [6.45, 7) is 8.41. The van der Waals surface area contributed by atoms with Crippen LogP contribution in [0.15, 0.2) is 53.6 Å². The number of carboxylic acid groups (broad SMARTS) is 2. The highest BCUT2D eigenvalue weighted by Gasteiger charge is 2.56. The summed E-state index contributed by atoms with van der Waals surface area (Å²) in [6, 6.07) is 8.63. The number of rotatable bonds is 6. The van der Waals surface area contributed by atoms with E-state index in [0.29, 0.717) is 12.5 Å². The Kier molecular flexibility index (Phi) is 11.9. The molecule has 5 heterocycles. The summed E-state index contributed by atoms with van der Waals surface area (Å²) in [4.78, 5) is 40.6. The fourth-order valence-corrected chi connectivity index (χ4v) is 6.27. The summed E-state index contributed by atoms with van der Waals surface area (Å²) in [5, 5.41) is 23.2. The van der Waals surface area contributed by atoms with Gasteiger partial charge in [0.2, 0.25) is 5.91 Å². The molecule has 3 aromatic heterocycles. The summed E-state index contributed by atoms with van der Waals surface area (Å²) in [5.41, 5.74) is 3.28. The molecule has 0 aliphatic carbocycles. The van der Waals surface area contributed by atoms with Crippen molar-refractivity contribution in [2.75, 3.05) is 19.6 Å². The second-order valence-electron chi connectivity index (χ2n) is 11.1. The standard InChI is InChI=1S/C25H31N5OS.2C2HF3O2/c1-19(2)30-23(6-11-27-30)22-16-28(14-21-7-13-32-17-21)18-25(22)8-3-12-29(24(25)31)15-20-4-9-26-10-5-20;2*3-2(4,5)1(6)7/h4-7,9-11,13,17,19,22H,3,8,12,14-16,18H2,1-2H3;2*(H,6,7)/t22-,25+;;/m0../s1. The summed E-state index contributed by atoms with van der Waals surface area (Å²) in [7, 11) is 0. The number of hydrogen-bond acceptors (Lipinski definition) is 7. The quantitative estimate of drug-likeness (QED) is 0.323. The molecule has 3 aromatic rings. The van der Waals surface area contributed by atoms with E-state index in [4.69, 9.17) is 19.8 Å². The molecule has 2 N–H and O–H groups in total. The average Bonchev–Trinajstić information content (AvgIpc) is 3.73. The molecule has 1 amide bonds. The van der Waals surface area contributed by atoms with Gasteiger partial charge in [0, 0.05) is 69.0 Å². The minimum Gasteiger partial charge on any atom is -0.475 e. The zero-order valence-electron chi connectivity index (χ0n) is 24.8. The summed E-state index contributed by atoms with van der Waals surface area (Å²) >= 11 is 1.74. The van der Waals surface area contributed by atoms with E-state index in [2.05, 4.69) is 61.3 Å². The van der Waals surface area contributed by atoms with Gasteiger partial charge in [-0.3, -0.25) is 19.4 Å². The van der Waals surface area contributed by atoms with Crippen molar-refractivity contribution in [3.8, 4) is 0 Å². The first-order valence-corrected chi connectivity index (χ1v) is 15.0. The Labute approximate surface area is 264 Å². The van der Waals surface area contributed by atoms with Gasteiger partial charge in [0.1, 0.15) is 0 Å². The first-order valence-electron chi connectivity index (χ1n) is 14.0. The van der Waals surface area contributed by atoms with Gasteiger partial charge in [-0.1, -0.05) is 0 Å². The van der Waals surface area contributed by atoms with Crippen LogP contribution in [-0.2, 0) is 27.5 Å². The lowest BCUT2D eigenvalue weighted by atomic mass is 9.70. The van der Waals surface area contributed by atoms with Crippen molar-refractivity contribution >= 4 is 29.2 Å². The molecule has 0 unspecified atom stereocenters. The Morgan fingerprint density at radius 3 is 2.11 bits per heavy atom. The van der Waals surface area contributed by atoms with E-state index in [1.807, 2.05) is 30.7 Å². The molecule has 0 aromatic carbocycles. The summed E-state index contributed by atoms with van der Waals surface area (Å²) in [5.74, 6) is -5.06. The maximum absolute atomic E-state index is 14.1. The van der Waals surface area contributed by atoms with Crippen molar-refractivity contribution < 1.29 is 50.9 Å². The molecule has 17 heteroatoms. The predicted octanol–water partition coefficient (Wildman–Crippen LogP) is 5.60. The third kappa shape index (κ3) is 9.28. The van der Waals surface area contributed by atoms with Gasteiger partial charge >= 0.3 is 24.3 Å². The van der Waals surface area contributed by atoms with Crippen molar-refractivity contribution in [1.29, 1.82) is 0 Å². The number of nitrogens with zero attached hydrogens (tertiary/aromatic N) is 5. The zero-order chi connectivity index (χ0) is 34.3. The van der Waals surface area contributed by atoms with Gasteiger partial charge in [-0.15, -0.1) is 0 Å². The second kappa shape index (κ2) is 15.1. The molecule has 0 bridgehead atoms. The zero-order valence-corrected chi connectivity index (χ0v) is 25.6. The van der Waals surface area contributed by atoms with Crippen LogP contribution in [0.3, 0.4) is 0 Å². The molecule has 2 saturated heterocycles. The Hall–Kier alpha value is -3.99.